The van der Waals surface area contributed by atoms with Gasteiger partial charge >= 0.3 is 11.9 Å². The Labute approximate surface area is 694 Å². The number of aromatic nitrogens is 5. The lowest BCUT2D eigenvalue weighted by atomic mass is 9.94. The van der Waals surface area contributed by atoms with E-state index in [9.17, 15) is 54.9 Å². The first-order valence-electron chi connectivity index (χ1n) is 36.9. The summed E-state index contributed by atoms with van der Waals surface area (Å²) >= 11 is 12.3. The Bertz CT molecular complexity index is 7010. The number of nitrogens with two attached hydrogens (primary N) is 2. The first-order chi connectivity index (χ1) is 57.9. The number of carbonyl (C=O) groups excluding carboxylic acids is 3. The number of nitriles is 4. The highest BCUT2D eigenvalue weighted by atomic mass is 35.5. The number of nitrogens with zero attached hydrogens (tertiary/aromatic N) is 7. The number of rotatable bonds is 12. The van der Waals surface area contributed by atoms with Gasteiger partial charge in [-0.2, -0.15) is 21.0 Å². The molecule has 586 valence electrons. The largest absolute Gasteiger partial charge is 0.507 e. The van der Waals surface area contributed by atoms with Gasteiger partial charge in [-0.05, 0) is 194 Å². The highest BCUT2D eigenvalue weighted by molar-refractivity contribution is 6.41. The van der Waals surface area contributed by atoms with Gasteiger partial charge < -0.3 is 50.0 Å². The maximum Gasteiger partial charge on any atom is 0.339 e. The van der Waals surface area contributed by atoms with Crippen LogP contribution in [0.25, 0.3) is 114 Å². The first-order valence-corrected chi connectivity index (χ1v) is 37.6. The zero-order valence-corrected chi connectivity index (χ0v) is 66.0. The van der Waals surface area contributed by atoms with E-state index in [2.05, 4.69) is 49.2 Å². The van der Waals surface area contributed by atoms with Crippen LogP contribution in [0.1, 0.15) is 147 Å². The molecule has 0 fully saturated rings. The standard InChI is InChI=1S/C25H16ClN3O2.C24H15ClN4O3.C23H16N4O.C21H12O6.C2H6/c26-16-10-11-18-17(14-16)23(15-6-2-1-3-7-15)24(25(31)29-18)21(30)12-13-22-27-19-8-4-5-9-20(19)28-22;1-11-16(21-12(2)18(10-27)23(28)29-22(21)17(11)9-26)8-14-4-6-20(32-14)13-3-5-15(24(30)31)19(25)7-13;1-13-17(10-16-8-9-20(28-16)15-6-4-3-5-7-15)21-14(2)19(12-25)23(26)27-22(21)18(13)11-24;22-17-7-5-11(9-15(17)21(25)26)18-8-6-12(27-18)10-16-19(23)13-3-1-2-4-14(13)20(16)24;1-2/h1-14H,(H,27,28)(H,29,31);3-8H,1-2H3,(H2,28,29)(H,30,31);3-10H,1-2H3,(H2,26,27);1-10,22H,(H,25,26);1-2H3/b13-12+;16-8+;17-10+;;. The van der Waals surface area contributed by atoms with Crippen molar-refractivity contribution in [3.05, 3.63) is 339 Å². The molecule has 0 saturated carbocycles. The maximum absolute atomic E-state index is 13.2. The molecule has 7 aromatic carbocycles. The van der Waals surface area contributed by atoms with E-state index in [1.54, 1.807) is 91.9 Å². The summed E-state index contributed by atoms with van der Waals surface area (Å²) in [5.74, 6) is -0.00127. The summed E-state index contributed by atoms with van der Waals surface area (Å²) in [6.07, 6.45) is 7.99. The van der Waals surface area contributed by atoms with Crippen LogP contribution in [-0.2, 0) is 0 Å². The van der Waals surface area contributed by atoms with E-state index >= 15 is 0 Å². The van der Waals surface area contributed by atoms with Gasteiger partial charge in [-0.1, -0.05) is 140 Å². The van der Waals surface area contributed by atoms with Crippen molar-refractivity contribution in [3.63, 3.8) is 0 Å². The number of hydrogen-bond acceptors (Lipinski definition) is 19. The first kappa shape index (κ1) is 81.7. The maximum atomic E-state index is 13.2. The van der Waals surface area contributed by atoms with E-state index in [4.69, 9.17) is 58.1 Å². The number of carboxylic acid groups (broad SMARTS) is 2. The van der Waals surface area contributed by atoms with Gasteiger partial charge in [0.2, 0.25) is 0 Å². The molecule has 0 unspecified atom stereocenters. The lowest BCUT2D eigenvalue weighted by molar-refractivity contribution is 0.0684. The molecule has 0 bridgehead atoms. The number of nitrogen functional groups attached to an aromatic ring is 2. The van der Waals surface area contributed by atoms with Crippen LogP contribution in [0, 0.1) is 59.2 Å². The molecule has 0 aliphatic heterocycles. The van der Waals surface area contributed by atoms with Crippen molar-refractivity contribution in [2.75, 3.05) is 11.5 Å². The smallest absolute Gasteiger partial charge is 0.339 e. The number of Topliss-reactive ketones (excluding diaryl/α,β-unsaturated/α-hetero) is 2. The molecule has 25 heteroatoms. The van der Waals surface area contributed by atoms with Gasteiger partial charge in [-0.25, -0.2) is 24.5 Å². The molecule has 17 rings (SSSR count). The highest BCUT2D eigenvalue weighted by Crippen LogP contribution is 2.47. The minimum absolute atomic E-state index is 0.00668. The monoisotopic (exact) mass is 1620 g/mol. The number of allylic oxidation sites excluding steroid dienone is 8. The molecule has 0 atom stereocenters. The number of aromatic amines is 2. The van der Waals surface area contributed by atoms with Crippen LogP contribution in [0.3, 0.4) is 0 Å². The second-order valence-corrected chi connectivity index (χ2v) is 27.7. The second kappa shape index (κ2) is 34.8. The molecule has 120 heavy (non-hydrogen) atoms. The number of para-hydroxylation sites is 2. The fourth-order valence-electron chi connectivity index (χ4n) is 14.0. The van der Waals surface area contributed by atoms with E-state index < -0.39 is 23.3 Å². The Morgan fingerprint density at radius 3 is 1.46 bits per heavy atom. The van der Waals surface area contributed by atoms with Crippen LogP contribution in [0.15, 0.2) is 241 Å². The van der Waals surface area contributed by atoms with E-state index in [0.29, 0.717) is 123 Å². The van der Waals surface area contributed by atoms with Crippen LogP contribution >= 0.6 is 23.2 Å². The summed E-state index contributed by atoms with van der Waals surface area (Å²) in [6.45, 7) is 11.3. The minimum Gasteiger partial charge on any atom is -0.507 e. The third-order valence-electron chi connectivity index (χ3n) is 19.8. The molecule has 7 heterocycles. The third kappa shape index (κ3) is 16.1. The number of halogens is 2. The van der Waals surface area contributed by atoms with Gasteiger partial charge in [-0.15, -0.1) is 0 Å². The summed E-state index contributed by atoms with van der Waals surface area (Å²) in [5.41, 5.74) is 25.9. The van der Waals surface area contributed by atoms with Gasteiger partial charge in [0.05, 0.1) is 66.4 Å². The van der Waals surface area contributed by atoms with Gasteiger partial charge in [-0.3, -0.25) is 19.2 Å². The number of carbonyl (C=O) groups is 5. The highest BCUT2D eigenvalue weighted by Gasteiger charge is 2.35. The SMILES string of the molecule is CC.CC1=C(C#N)c2nc(N)c(C#N)c(C)c2/C1=C/c1ccc(-c2ccc(C(=O)O)c(Cl)c2)o1.CC1=C(C#N)c2nc(N)c(C#N)c(C)c2/C1=C/c1ccc(-c2ccccc2)o1.O=C(/C=C/c1nc2ccccc2[nH]1)c1c(-c2ccccc2)c2cc(Cl)ccc2[nH]c1=O.O=C(O)c1cc(-c2ccc(C=C3C(=O)c4ccccc4C3=O)o2)ccc1O. The Morgan fingerprint density at radius 2 is 0.958 bits per heavy atom. The van der Waals surface area contributed by atoms with Gasteiger partial charge in [0.25, 0.3) is 5.56 Å². The number of benzene rings is 7. The van der Waals surface area contributed by atoms with Crippen LogP contribution in [0.5, 0.6) is 5.75 Å². The third-order valence-corrected chi connectivity index (χ3v) is 20.3. The summed E-state index contributed by atoms with van der Waals surface area (Å²) in [6, 6.07) is 66.3. The molecule has 0 spiro atoms. The Balaban J connectivity index is 0.000000138. The van der Waals surface area contributed by atoms with Crippen molar-refractivity contribution in [2.24, 2.45) is 0 Å². The summed E-state index contributed by atoms with van der Waals surface area (Å²) in [7, 11) is 0. The lowest BCUT2D eigenvalue weighted by Gasteiger charge is -2.11. The van der Waals surface area contributed by atoms with Crippen molar-refractivity contribution >= 4 is 133 Å². The number of carboxylic acids is 2. The van der Waals surface area contributed by atoms with E-state index in [0.717, 1.165) is 55.8 Å². The zero-order chi connectivity index (χ0) is 85.5. The molecule has 14 aromatic rings. The van der Waals surface area contributed by atoms with Gasteiger partial charge in [0, 0.05) is 60.4 Å². The summed E-state index contributed by atoms with van der Waals surface area (Å²) in [5, 5.41) is 67.4. The van der Waals surface area contributed by atoms with Gasteiger partial charge in [0.15, 0.2) is 17.3 Å². The number of nitrogens with one attached hydrogen (secondary N) is 2. The number of aromatic hydroxyl groups is 1. The molecule has 0 radical (unpaired) electrons. The summed E-state index contributed by atoms with van der Waals surface area (Å²) < 4.78 is 17.6. The number of pyridine rings is 3. The van der Waals surface area contributed by atoms with E-state index in [1.165, 1.54) is 42.5 Å². The fourth-order valence-corrected chi connectivity index (χ4v) is 14.4. The molecule has 3 aliphatic rings. The van der Waals surface area contributed by atoms with Crippen molar-refractivity contribution < 1.29 is 52.5 Å². The number of fused-ring (bicyclic) bond motifs is 5. The topological polar surface area (TPSA) is 420 Å². The van der Waals surface area contributed by atoms with E-state index in [-0.39, 0.29) is 61.8 Å². The lowest BCUT2D eigenvalue weighted by Crippen LogP contribution is -2.18. The predicted octanol–water partition coefficient (Wildman–Crippen LogP) is 20.7. The minimum atomic E-state index is -1.26. The number of phenols is 1. The van der Waals surface area contributed by atoms with Crippen LogP contribution in [-0.4, -0.2) is 69.5 Å². The number of furan rings is 3. The van der Waals surface area contributed by atoms with Crippen molar-refractivity contribution in [1.29, 1.82) is 21.0 Å². The van der Waals surface area contributed by atoms with Crippen LogP contribution < -0.4 is 17.0 Å². The normalized spacial score (nSPS) is 12.9. The molecule has 7 aromatic heterocycles. The molecule has 0 amide bonds. The van der Waals surface area contributed by atoms with Crippen molar-refractivity contribution in [2.45, 2.75) is 41.5 Å². The number of H-pyrrole nitrogens is 2. The number of imidazole rings is 1. The molecule has 3 aliphatic carbocycles. The van der Waals surface area contributed by atoms with Crippen molar-refractivity contribution in [3.8, 4) is 75.1 Å². The number of ketones is 3. The van der Waals surface area contributed by atoms with E-state index in [1.807, 2.05) is 138 Å². The molecule has 9 N–H and O–H groups in total. The average molecular weight is 1620 g/mol. The molecule has 0 saturated heterocycles. The molecular formula is C95H65Cl2N11O12. The molecular weight excluding hydrogens is 1560 g/mol. The predicted molar refractivity (Wildman–Crippen MR) is 460 cm³/mol. The average Bonchev–Trinajstić information content (AvgIpc) is 1.42. The van der Waals surface area contributed by atoms with Crippen LogP contribution in [0.4, 0.5) is 11.6 Å². The van der Waals surface area contributed by atoms with Crippen LogP contribution in [0.2, 0.25) is 10.0 Å². The fraction of sp³-hybridized carbons (Fsp3) is 0.0632. The van der Waals surface area contributed by atoms with Crippen molar-refractivity contribution in [1.82, 2.24) is 24.9 Å². The number of anilines is 2. The molecule has 23 nitrogen and oxygen atoms in total. The number of hydrogen-bond donors (Lipinski definition) is 7. The Hall–Kier alpha value is -16.3. The second-order valence-electron chi connectivity index (χ2n) is 26.9. The number of aromatic carboxylic acids is 2. The van der Waals surface area contributed by atoms with Gasteiger partial charge in [0.1, 0.15) is 87.6 Å². The Morgan fingerprint density at radius 1 is 0.483 bits per heavy atom. The summed E-state index contributed by atoms with van der Waals surface area (Å²) in [4.78, 5) is 92.3. The quantitative estimate of drug-likeness (QED) is 0.0339. The Kier molecular flexibility index (Phi) is 23.7. The zero-order valence-electron chi connectivity index (χ0n) is 64.5.